The Kier molecular flexibility index (Phi) is 2.90. The third-order valence-corrected chi connectivity index (χ3v) is 1.23. The Morgan fingerprint density at radius 3 is 2.58 bits per heavy atom. The second-order valence-corrected chi connectivity index (χ2v) is 2.10. The zero-order valence-corrected chi connectivity index (χ0v) is 6.31. The van der Waals surface area contributed by atoms with Crippen molar-refractivity contribution in [1.29, 1.82) is 0 Å². The molecule has 12 heavy (non-hydrogen) atoms. The molecule has 1 aromatic rings. The van der Waals surface area contributed by atoms with Gasteiger partial charge in [-0.1, -0.05) is 30.3 Å². The van der Waals surface area contributed by atoms with Gasteiger partial charge in [0, 0.05) is 0 Å². The van der Waals surface area contributed by atoms with Crippen molar-refractivity contribution in [1.82, 2.24) is 0 Å². The number of hydrogen-bond donors (Lipinski definition) is 1. The summed E-state index contributed by atoms with van der Waals surface area (Å²) in [5.74, 6) is 0. The van der Waals surface area contributed by atoms with Crippen molar-refractivity contribution < 1.29 is 14.6 Å². The first-order valence-electron chi connectivity index (χ1n) is 3.40. The Balaban J connectivity index is 2.52. The molecule has 0 aliphatic rings. The van der Waals surface area contributed by atoms with E-state index >= 15 is 0 Å². The van der Waals surface area contributed by atoms with Gasteiger partial charge in [-0.25, -0.2) is 4.79 Å². The summed E-state index contributed by atoms with van der Waals surface area (Å²) in [5.41, 5.74) is 0.902. The summed E-state index contributed by atoms with van der Waals surface area (Å²) in [6, 6.07) is 9.31. The fourth-order valence-electron chi connectivity index (χ4n) is 0.735. The highest BCUT2D eigenvalue weighted by atomic mass is 16.7. The molecule has 0 atom stereocenters. The Morgan fingerprint density at radius 2 is 2.00 bits per heavy atom. The summed E-state index contributed by atoms with van der Waals surface area (Å²) < 4.78 is 4.18. The minimum atomic E-state index is -1.30. The average molecular weight is 164 g/mol. The Morgan fingerprint density at radius 1 is 1.33 bits per heavy atom. The number of carbonyl (C=O) groups is 1. The summed E-state index contributed by atoms with van der Waals surface area (Å²) in [7, 11) is 0. The second kappa shape index (κ2) is 4.18. The van der Waals surface area contributed by atoms with Crippen LogP contribution in [0.15, 0.2) is 36.6 Å². The zero-order chi connectivity index (χ0) is 8.81. The topological polar surface area (TPSA) is 46.5 Å². The first kappa shape index (κ1) is 8.33. The molecule has 3 heteroatoms. The molecular formula is C9H8O3. The molecule has 0 amide bonds. The van der Waals surface area contributed by atoms with Gasteiger partial charge in [0.05, 0.1) is 6.26 Å². The summed E-state index contributed by atoms with van der Waals surface area (Å²) in [6.45, 7) is 0. The van der Waals surface area contributed by atoms with Gasteiger partial charge in [0.2, 0.25) is 0 Å². The van der Waals surface area contributed by atoms with Crippen LogP contribution in [0.1, 0.15) is 5.56 Å². The standard InChI is InChI=1S/C9H8O3/c10-9(11)12-7-6-8-4-2-1-3-5-8/h1-7H,(H,10,11). The molecule has 0 aliphatic heterocycles. The van der Waals surface area contributed by atoms with Gasteiger partial charge in [-0.05, 0) is 11.6 Å². The lowest BCUT2D eigenvalue weighted by molar-refractivity contribution is 0.128. The van der Waals surface area contributed by atoms with E-state index in [1.165, 1.54) is 0 Å². The highest BCUT2D eigenvalue weighted by Crippen LogP contribution is 2.00. The van der Waals surface area contributed by atoms with Gasteiger partial charge < -0.3 is 9.84 Å². The van der Waals surface area contributed by atoms with Gasteiger partial charge in [-0.3, -0.25) is 0 Å². The van der Waals surface area contributed by atoms with Crippen LogP contribution in [0.4, 0.5) is 4.79 Å². The molecule has 0 aliphatic carbocycles. The highest BCUT2D eigenvalue weighted by Gasteiger charge is 1.88. The van der Waals surface area contributed by atoms with Gasteiger partial charge in [-0.15, -0.1) is 0 Å². The molecule has 1 N–H and O–H groups in total. The van der Waals surface area contributed by atoms with Crippen molar-refractivity contribution in [3.05, 3.63) is 42.2 Å². The molecule has 0 aromatic heterocycles. The Bertz CT molecular complexity index is 277. The minimum absolute atomic E-state index is 0.902. The summed E-state index contributed by atoms with van der Waals surface area (Å²) >= 11 is 0. The first-order chi connectivity index (χ1) is 5.79. The second-order valence-electron chi connectivity index (χ2n) is 2.10. The fraction of sp³-hybridized carbons (Fsp3) is 0. The molecular weight excluding hydrogens is 156 g/mol. The quantitative estimate of drug-likeness (QED) is 0.539. The van der Waals surface area contributed by atoms with Crippen molar-refractivity contribution in [3.63, 3.8) is 0 Å². The van der Waals surface area contributed by atoms with Crippen LogP contribution >= 0.6 is 0 Å². The number of rotatable bonds is 2. The highest BCUT2D eigenvalue weighted by molar-refractivity contribution is 5.59. The van der Waals surface area contributed by atoms with Crippen LogP contribution in [0, 0.1) is 0 Å². The maximum absolute atomic E-state index is 9.92. The van der Waals surface area contributed by atoms with Crippen LogP contribution in [0.2, 0.25) is 0 Å². The van der Waals surface area contributed by atoms with Crippen LogP contribution in [0.25, 0.3) is 6.08 Å². The van der Waals surface area contributed by atoms with Crippen molar-refractivity contribution in [2.75, 3.05) is 0 Å². The van der Waals surface area contributed by atoms with Crippen molar-refractivity contribution in [2.45, 2.75) is 0 Å². The molecule has 3 nitrogen and oxygen atoms in total. The van der Waals surface area contributed by atoms with Crippen LogP contribution in [0.5, 0.6) is 0 Å². The van der Waals surface area contributed by atoms with Gasteiger partial charge in [0.25, 0.3) is 0 Å². The Labute approximate surface area is 69.9 Å². The molecule has 62 valence electrons. The summed E-state index contributed by atoms with van der Waals surface area (Å²) in [4.78, 5) is 9.92. The van der Waals surface area contributed by atoms with Gasteiger partial charge in [-0.2, -0.15) is 0 Å². The van der Waals surface area contributed by atoms with E-state index in [4.69, 9.17) is 5.11 Å². The molecule has 0 saturated heterocycles. The third kappa shape index (κ3) is 2.88. The number of benzene rings is 1. The SMILES string of the molecule is O=C(O)OC=Cc1ccccc1. The average Bonchev–Trinajstić information content (AvgIpc) is 2.05. The lowest BCUT2D eigenvalue weighted by atomic mass is 10.2. The maximum atomic E-state index is 9.92. The summed E-state index contributed by atoms with van der Waals surface area (Å²) in [5, 5.41) is 8.12. The number of hydrogen-bond acceptors (Lipinski definition) is 2. The van der Waals surface area contributed by atoms with Gasteiger partial charge in [0.1, 0.15) is 0 Å². The number of carboxylic acid groups (broad SMARTS) is 1. The predicted octanol–water partition coefficient (Wildman–Crippen LogP) is 2.35. The molecule has 0 heterocycles. The third-order valence-electron chi connectivity index (χ3n) is 1.23. The van der Waals surface area contributed by atoms with Crippen LogP contribution in [-0.4, -0.2) is 11.3 Å². The minimum Gasteiger partial charge on any atom is -0.449 e. The molecule has 0 spiro atoms. The van der Waals surface area contributed by atoms with E-state index < -0.39 is 6.16 Å². The predicted molar refractivity (Wildman–Crippen MR) is 44.6 cm³/mol. The molecule has 0 bridgehead atoms. The molecule has 0 unspecified atom stereocenters. The van der Waals surface area contributed by atoms with E-state index in [0.717, 1.165) is 11.8 Å². The van der Waals surface area contributed by atoms with E-state index in [-0.39, 0.29) is 0 Å². The molecule has 0 saturated carbocycles. The molecule has 1 rings (SSSR count). The van der Waals surface area contributed by atoms with Crippen molar-refractivity contribution >= 4 is 12.2 Å². The fourth-order valence-corrected chi connectivity index (χ4v) is 0.735. The molecule has 0 fully saturated rings. The van der Waals surface area contributed by atoms with E-state index in [0.29, 0.717) is 0 Å². The lowest BCUT2D eigenvalue weighted by Gasteiger charge is -1.90. The van der Waals surface area contributed by atoms with Gasteiger partial charge >= 0.3 is 6.16 Å². The van der Waals surface area contributed by atoms with Crippen LogP contribution in [-0.2, 0) is 4.74 Å². The van der Waals surface area contributed by atoms with E-state index in [9.17, 15) is 4.79 Å². The monoisotopic (exact) mass is 164 g/mol. The molecule has 0 radical (unpaired) electrons. The first-order valence-corrected chi connectivity index (χ1v) is 3.40. The van der Waals surface area contributed by atoms with E-state index in [1.807, 2.05) is 30.3 Å². The Hall–Kier alpha value is -1.77. The van der Waals surface area contributed by atoms with Gasteiger partial charge in [0.15, 0.2) is 0 Å². The lowest BCUT2D eigenvalue weighted by Crippen LogP contribution is -1.91. The number of ether oxygens (including phenoxy) is 1. The normalized spacial score (nSPS) is 10.0. The maximum Gasteiger partial charge on any atom is 0.510 e. The van der Waals surface area contributed by atoms with Crippen molar-refractivity contribution in [3.8, 4) is 0 Å². The van der Waals surface area contributed by atoms with Crippen LogP contribution in [0.3, 0.4) is 0 Å². The van der Waals surface area contributed by atoms with E-state index in [1.54, 1.807) is 6.08 Å². The van der Waals surface area contributed by atoms with Crippen LogP contribution < -0.4 is 0 Å². The molecule has 1 aromatic carbocycles. The zero-order valence-electron chi connectivity index (χ0n) is 6.31. The van der Waals surface area contributed by atoms with Crippen molar-refractivity contribution in [2.24, 2.45) is 0 Å². The smallest absolute Gasteiger partial charge is 0.449 e. The van der Waals surface area contributed by atoms with E-state index in [2.05, 4.69) is 4.74 Å². The summed E-state index contributed by atoms with van der Waals surface area (Å²) in [6.07, 6.45) is 1.41. The largest absolute Gasteiger partial charge is 0.510 e.